The summed E-state index contributed by atoms with van der Waals surface area (Å²) in [6.45, 7) is 0. The monoisotopic (exact) mass is 178 g/mol. The quantitative estimate of drug-likeness (QED) is 0.315. The van der Waals surface area contributed by atoms with Crippen molar-refractivity contribution in [3.63, 3.8) is 0 Å². The lowest BCUT2D eigenvalue weighted by Gasteiger charge is -1.98. The highest BCUT2D eigenvalue weighted by Gasteiger charge is 2.03. The number of rotatable bonds is 2. The maximum atomic E-state index is 11.1. The number of methoxy groups -OCH3 is 1. The first-order valence-corrected chi connectivity index (χ1v) is 3.69. The van der Waals surface area contributed by atoms with Crippen LogP contribution in [-0.4, -0.2) is 19.3 Å². The Hall–Kier alpha value is -1.84. The molecule has 0 bridgehead atoms. The van der Waals surface area contributed by atoms with Crippen molar-refractivity contribution in [3.8, 4) is 0 Å². The van der Waals surface area contributed by atoms with Gasteiger partial charge in [-0.25, -0.2) is 4.79 Å². The number of nitrogens with two attached hydrogens (primary N) is 1. The molecule has 1 aromatic carbocycles. The molecule has 0 fully saturated rings. The van der Waals surface area contributed by atoms with Crippen LogP contribution in [0.2, 0.25) is 0 Å². The molecule has 0 atom stereocenters. The second-order valence-corrected chi connectivity index (χ2v) is 2.40. The van der Waals surface area contributed by atoms with Crippen molar-refractivity contribution in [2.75, 3.05) is 7.11 Å². The Labute approximate surface area is 76.0 Å². The van der Waals surface area contributed by atoms with Crippen molar-refractivity contribution in [1.82, 2.24) is 0 Å². The van der Waals surface area contributed by atoms with E-state index in [4.69, 9.17) is 5.84 Å². The Morgan fingerprint density at radius 3 is 3.00 bits per heavy atom. The molecule has 0 aliphatic heterocycles. The van der Waals surface area contributed by atoms with Crippen molar-refractivity contribution >= 4 is 12.2 Å². The van der Waals surface area contributed by atoms with Crippen molar-refractivity contribution in [3.05, 3.63) is 35.4 Å². The molecular formula is C9H10N2O2. The molecular weight excluding hydrogens is 168 g/mol. The van der Waals surface area contributed by atoms with Gasteiger partial charge in [-0.15, -0.1) is 0 Å². The SMILES string of the molecule is COC(=O)c1cccc(/C=N/N)c1. The number of nitrogens with zero attached hydrogens (tertiary/aromatic N) is 1. The van der Waals surface area contributed by atoms with Gasteiger partial charge in [-0.05, 0) is 17.7 Å². The van der Waals surface area contributed by atoms with Gasteiger partial charge in [0.2, 0.25) is 0 Å². The summed E-state index contributed by atoms with van der Waals surface area (Å²) < 4.78 is 4.55. The van der Waals surface area contributed by atoms with Crippen LogP contribution in [0.1, 0.15) is 15.9 Å². The Balaban J connectivity index is 2.98. The number of benzene rings is 1. The Kier molecular flexibility index (Phi) is 3.03. The third kappa shape index (κ3) is 2.30. The third-order valence-corrected chi connectivity index (χ3v) is 1.53. The zero-order valence-corrected chi connectivity index (χ0v) is 7.23. The van der Waals surface area contributed by atoms with Crippen molar-refractivity contribution in [1.29, 1.82) is 0 Å². The molecule has 2 N–H and O–H groups in total. The fourth-order valence-corrected chi connectivity index (χ4v) is 0.950. The Morgan fingerprint density at radius 2 is 2.38 bits per heavy atom. The van der Waals surface area contributed by atoms with E-state index in [1.807, 2.05) is 0 Å². The van der Waals surface area contributed by atoms with E-state index >= 15 is 0 Å². The van der Waals surface area contributed by atoms with E-state index < -0.39 is 0 Å². The average molecular weight is 178 g/mol. The zero-order chi connectivity index (χ0) is 9.68. The minimum Gasteiger partial charge on any atom is -0.465 e. The second kappa shape index (κ2) is 4.25. The van der Waals surface area contributed by atoms with Crippen molar-refractivity contribution in [2.45, 2.75) is 0 Å². The van der Waals surface area contributed by atoms with Gasteiger partial charge in [-0.2, -0.15) is 5.10 Å². The molecule has 0 saturated heterocycles. The molecule has 0 spiro atoms. The average Bonchev–Trinajstić information content (AvgIpc) is 2.18. The molecule has 1 aromatic rings. The molecule has 0 aliphatic carbocycles. The molecule has 4 nitrogen and oxygen atoms in total. The summed E-state index contributed by atoms with van der Waals surface area (Å²) in [6, 6.07) is 6.86. The summed E-state index contributed by atoms with van der Waals surface area (Å²) in [4.78, 5) is 11.1. The van der Waals surface area contributed by atoms with Gasteiger partial charge >= 0.3 is 5.97 Å². The Bertz CT molecular complexity index is 334. The first kappa shape index (κ1) is 9.25. The Morgan fingerprint density at radius 1 is 1.62 bits per heavy atom. The van der Waals surface area contributed by atoms with E-state index in [0.717, 1.165) is 5.56 Å². The van der Waals surface area contributed by atoms with Crippen molar-refractivity contribution < 1.29 is 9.53 Å². The minimum absolute atomic E-state index is 0.368. The lowest BCUT2D eigenvalue weighted by atomic mass is 10.1. The van der Waals surface area contributed by atoms with E-state index in [1.54, 1.807) is 24.3 Å². The van der Waals surface area contributed by atoms with E-state index in [-0.39, 0.29) is 5.97 Å². The lowest BCUT2D eigenvalue weighted by molar-refractivity contribution is 0.0600. The van der Waals surface area contributed by atoms with Crippen LogP contribution < -0.4 is 5.84 Å². The highest BCUT2D eigenvalue weighted by molar-refractivity contribution is 5.92. The van der Waals surface area contributed by atoms with E-state index in [9.17, 15) is 4.79 Å². The number of ether oxygens (including phenoxy) is 1. The first-order chi connectivity index (χ1) is 6.27. The summed E-state index contributed by atoms with van der Waals surface area (Å²) >= 11 is 0. The van der Waals surface area contributed by atoms with Gasteiger partial charge in [0.25, 0.3) is 0 Å². The molecule has 0 amide bonds. The summed E-state index contributed by atoms with van der Waals surface area (Å²) in [7, 11) is 1.34. The van der Waals surface area contributed by atoms with E-state index in [1.165, 1.54) is 13.3 Å². The summed E-state index contributed by atoms with van der Waals surface area (Å²) in [6.07, 6.45) is 1.46. The standard InChI is InChI=1S/C9H10N2O2/c1-13-9(12)8-4-2-3-7(5-8)6-11-10/h2-6H,10H2,1H3/b11-6+. The maximum absolute atomic E-state index is 11.1. The van der Waals surface area contributed by atoms with Crippen LogP contribution in [0, 0.1) is 0 Å². The topological polar surface area (TPSA) is 64.7 Å². The zero-order valence-electron chi connectivity index (χ0n) is 7.23. The van der Waals surface area contributed by atoms with Crippen LogP contribution in [-0.2, 0) is 4.74 Å². The number of hydrogen-bond acceptors (Lipinski definition) is 4. The molecule has 0 saturated carbocycles. The summed E-state index contributed by atoms with van der Waals surface area (Å²) in [5, 5.41) is 3.36. The largest absolute Gasteiger partial charge is 0.465 e. The number of hydrogen-bond donors (Lipinski definition) is 1. The lowest BCUT2D eigenvalue weighted by Crippen LogP contribution is -2.01. The first-order valence-electron chi connectivity index (χ1n) is 3.69. The number of carbonyl (C=O) groups excluding carboxylic acids is 1. The molecule has 0 aromatic heterocycles. The van der Waals surface area contributed by atoms with Gasteiger partial charge in [0, 0.05) is 0 Å². The third-order valence-electron chi connectivity index (χ3n) is 1.53. The summed E-state index contributed by atoms with van der Waals surface area (Å²) in [5.74, 6) is 4.60. The molecule has 0 radical (unpaired) electrons. The fraction of sp³-hybridized carbons (Fsp3) is 0.111. The van der Waals surface area contributed by atoms with Crippen LogP contribution in [0.15, 0.2) is 29.4 Å². The van der Waals surface area contributed by atoms with Gasteiger partial charge in [-0.1, -0.05) is 12.1 Å². The number of hydrazone groups is 1. The van der Waals surface area contributed by atoms with Crippen molar-refractivity contribution in [2.24, 2.45) is 10.9 Å². The van der Waals surface area contributed by atoms with E-state index in [2.05, 4.69) is 9.84 Å². The van der Waals surface area contributed by atoms with Crippen LogP contribution in [0.4, 0.5) is 0 Å². The molecule has 4 heteroatoms. The number of esters is 1. The van der Waals surface area contributed by atoms with Gasteiger partial charge in [0.05, 0.1) is 18.9 Å². The smallest absolute Gasteiger partial charge is 0.337 e. The highest BCUT2D eigenvalue weighted by atomic mass is 16.5. The van der Waals surface area contributed by atoms with Gasteiger partial charge in [0.15, 0.2) is 0 Å². The van der Waals surface area contributed by atoms with Gasteiger partial charge in [0.1, 0.15) is 0 Å². The van der Waals surface area contributed by atoms with Crippen LogP contribution in [0.5, 0.6) is 0 Å². The summed E-state index contributed by atoms with van der Waals surface area (Å²) in [5.41, 5.74) is 1.25. The van der Waals surface area contributed by atoms with Gasteiger partial charge < -0.3 is 10.6 Å². The van der Waals surface area contributed by atoms with Crippen LogP contribution in [0.25, 0.3) is 0 Å². The maximum Gasteiger partial charge on any atom is 0.337 e. The van der Waals surface area contributed by atoms with Gasteiger partial charge in [-0.3, -0.25) is 0 Å². The molecule has 1 rings (SSSR count). The van der Waals surface area contributed by atoms with Crippen LogP contribution >= 0.6 is 0 Å². The minimum atomic E-state index is -0.368. The highest BCUT2D eigenvalue weighted by Crippen LogP contribution is 2.04. The second-order valence-electron chi connectivity index (χ2n) is 2.40. The molecule has 68 valence electrons. The van der Waals surface area contributed by atoms with Crippen LogP contribution in [0.3, 0.4) is 0 Å². The molecule has 0 unspecified atom stereocenters. The predicted octanol–water partition coefficient (Wildman–Crippen LogP) is 0.766. The molecule has 0 heterocycles. The fourth-order valence-electron chi connectivity index (χ4n) is 0.950. The normalized spacial score (nSPS) is 10.2. The number of carbonyl (C=O) groups is 1. The predicted molar refractivity (Wildman–Crippen MR) is 49.6 cm³/mol. The molecule has 13 heavy (non-hydrogen) atoms. The molecule has 0 aliphatic rings. The van der Waals surface area contributed by atoms with E-state index in [0.29, 0.717) is 5.56 Å².